The maximum atomic E-state index is 13.8. The number of carbonyl (C=O) groups is 4. The average Bonchev–Trinajstić information content (AvgIpc) is 1.72. The van der Waals surface area contributed by atoms with E-state index in [0.29, 0.717) is 72.0 Å². The van der Waals surface area contributed by atoms with Gasteiger partial charge in [0.1, 0.15) is 102 Å². The van der Waals surface area contributed by atoms with Gasteiger partial charge in [-0.3, -0.25) is 37.3 Å². The fraction of sp³-hybridized carbons (Fsp3) is 0.457. The lowest BCUT2D eigenvalue weighted by molar-refractivity contribution is -0.149. The third kappa shape index (κ3) is 36.4. The van der Waals surface area contributed by atoms with Crippen LogP contribution in [-0.4, -0.2) is 250 Å². The van der Waals surface area contributed by atoms with E-state index in [-0.39, 0.29) is 110 Å². The van der Waals surface area contributed by atoms with Gasteiger partial charge < -0.3 is 100 Å². The second kappa shape index (κ2) is 55.5. The summed E-state index contributed by atoms with van der Waals surface area (Å²) >= 11 is 5.62. The molecule has 20 atom stereocenters. The first-order valence-electron chi connectivity index (χ1n) is 46.1. The van der Waals surface area contributed by atoms with Crippen LogP contribution in [0.15, 0.2) is 241 Å². The second-order valence-corrected chi connectivity index (χ2v) is 46.5. The number of nitrogens with one attached hydrogen (secondary N) is 4. The normalized spacial score (nSPS) is 24.3. The van der Waals surface area contributed by atoms with Gasteiger partial charge in [-0.2, -0.15) is 40.3 Å². The summed E-state index contributed by atoms with van der Waals surface area (Å²) in [6, 6.07) is 39.4. The minimum absolute atomic E-state index is 0.0729. The lowest BCUT2D eigenvalue weighted by atomic mass is 10.1. The Morgan fingerprint density at radius 3 is 0.868 bits per heavy atom. The molecule has 13 rings (SSSR count). The molecule has 5 aromatic carbocycles. The number of esters is 4. The molecular formula is C92H128N20O24P4S4. The minimum atomic E-state index is -4.07. The summed E-state index contributed by atoms with van der Waals surface area (Å²) in [6.45, 7) is 33.1. The molecule has 52 heteroatoms. The Kier molecular flexibility index (Phi) is 44.6. The van der Waals surface area contributed by atoms with Crippen molar-refractivity contribution in [2.75, 3.05) is 39.6 Å². The van der Waals surface area contributed by atoms with Crippen LogP contribution in [0.25, 0.3) is 0 Å². The van der Waals surface area contributed by atoms with E-state index in [2.05, 4.69) is 86.6 Å². The van der Waals surface area contributed by atoms with Gasteiger partial charge in [-0.25, -0.2) is 38.2 Å². The fourth-order valence-corrected chi connectivity index (χ4v) is 26.1. The van der Waals surface area contributed by atoms with Crippen LogP contribution in [0.4, 0.5) is 0 Å². The predicted octanol–water partition coefficient (Wildman–Crippen LogP) is 11.8. The molecule has 0 radical (unpaired) electrons. The van der Waals surface area contributed by atoms with Gasteiger partial charge in [0, 0.05) is 25.7 Å². The maximum Gasteiger partial charge on any atom is 0.459 e. The summed E-state index contributed by atoms with van der Waals surface area (Å²) in [4.78, 5) is 88.9. The number of thioether (sulfide) groups is 4. The van der Waals surface area contributed by atoms with E-state index >= 15 is 0 Å². The van der Waals surface area contributed by atoms with E-state index < -0.39 is 124 Å². The number of rotatable bonds is 45. The van der Waals surface area contributed by atoms with Crippen LogP contribution >= 0.6 is 78.0 Å². The zero-order valence-electron chi connectivity index (χ0n) is 81.3. The monoisotopic (exact) mass is 2150 g/mol. The van der Waals surface area contributed by atoms with Gasteiger partial charge in [0.05, 0.1) is 113 Å². The Morgan fingerprint density at radius 1 is 0.382 bits per heavy atom. The van der Waals surface area contributed by atoms with Crippen molar-refractivity contribution in [2.45, 2.75) is 212 Å². The van der Waals surface area contributed by atoms with Crippen LogP contribution < -0.4 is 61.4 Å². The number of aliphatic hydroxyl groups excluding tert-OH is 4. The van der Waals surface area contributed by atoms with Gasteiger partial charge in [0.15, 0.2) is 0 Å². The Hall–Kier alpha value is -10.3. The van der Waals surface area contributed by atoms with Gasteiger partial charge >= 0.3 is 54.9 Å². The molecule has 8 aliphatic rings. The molecule has 0 aliphatic carbocycles. The first-order valence-corrected chi connectivity index (χ1v) is 56.0. The first-order chi connectivity index (χ1) is 68.5. The molecule has 4 fully saturated rings. The highest BCUT2D eigenvalue weighted by Gasteiger charge is 2.47. The Bertz CT molecular complexity index is 5610. The molecular weight excluding hydrogens is 2020 g/mol. The number of aliphatic imine (C=N–C) groups is 8. The number of aliphatic hydroxyl groups is 4. The zero-order valence-corrected chi connectivity index (χ0v) is 88.1. The summed E-state index contributed by atoms with van der Waals surface area (Å²) in [5.74, 6) is 1.40. The van der Waals surface area contributed by atoms with E-state index in [1.165, 1.54) is 93.2 Å². The third-order valence-corrected chi connectivity index (χ3v) is 34.3. The largest absolute Gasteiger partial charge is 0.464 e. The molecule has 0 aromatic heterocycles. The van der Waals surface area contributed by atoms with Crippen molar-refractivity contribution >= 4 is 151 Å². The molecule has 0 spiro atoms. The van der Waals surface area contributed by atoms with Gasteiger partial charge in [-0.05, 0) is 107 Å². The number of guanidine groups is 4. The highest BCUT2D eigenvalue weighted by molar-refractivity contribution is 8.01. The van der Waals surface area contributed by atoms with Crippen LogP contribution in [-0.2, 0) is 81.1 Å². The highest BCUT2D eigenvalue weighted by atomic mass is 32.2. The van der Waals surface area contributed by atoms with Crippen molar-refractivity contribution < 1.29 is 113 Å². The van der Waals surface area contributed by atoms with E-state index in [0.717, 1.165) is 18.4 Å². The van der Waals surface area contributed by atoms with Gasteiger partial charge in [-0.1, -0.05) is 170 Å². The molecule has 144 heavy (non-hydrogen) atoms. The molecule has 0 saturated carbocycles. The molecule has 16 N–H and O–H groups in total. The highest BCUT2D eigenvalue weighted by Crippen LogP contribution is 2.53. The Balaban J connectivity index is 0.000000197. The standard InChI is InChI=1S/C25H30N5O6PS.C24H36N5O6PS.C22H32N5O6PS.C21H30N5O6PS/c1-17(24(32)34-14-19-9-5-3-6-10-19)29-37(33,36-20-11-7-4-8-12-20)35-15-22-21(31)13-23(38-22)30-16-27-25(26)28-18(30)2;1-5-18(6-2)13-33-23(31)16(3)28-36(32,35-19-10-8-7-9-11-19)34-14-21-20(30)12-22(37-21)29-15-26-24(25)27-17(29)4;1-14(2)11-31-21(29)15(3)26-34(30,33-17-8-6-5-7-9-17)32-12-19-18(28)10-20(35-19)27-13-24-22(23)25-16(27)4;1-13(2)31-20(28)14(3)25-33(29,32-16-8-6-5-7-9-16)30-11-18-17(27)10-19(34-18)26-12-23-21(22)24-15(26)4/h3-12,16-17,21-23,31H,2,13-15H2,1H3,(H2,26,28)(H,29,33);7-11,15-16,18,20-22,30H,4-6,12-14H2,1-3H3,(H2,25,27)(H,28,32);5-9,13-15,18-20,28H,4,10-12H2,1-3H3,(H2,23,25)(H,26,30);5-9,12-14,17-19,27H,4,10-11H2,1-3H3,(H2,22,24)(H,25,29)/t17-,21+,22+,23+,37?;16-,20+,21+,22+,36?;15-,18+,19+,20+,34?;14-,17+,18+,19+,33?/m0000/s1. The second-order valence-electron chi connectivity index (χ2n) is 34.0. The van der Waals surface area contributed by atoms with Gasteiger partial charge in [-0.15, -0.1) is 47.0 Å². The number of ether oxygens (including phenoxy) is 4. The van der Waals surface area contributed by atoms with E-state index in [9.17, 15) is 57.9 Å². The van der Waals surface area contributed by atoms with Crippen molar-refractivity contribution in [3.05, 3.63) is 207 Å². The summed E-state index contributed by atoms with van der Waals surface area (Å²) < 4.78 is 122. The quantitative estimate of drug-likeness (QED) is 0.00978. The summed E-state index contributed by atoms with van der Waals surface area (Å²) in [5, 5.41) is 50.6. The van der Waals surface area contributed by atoms with E-state index in [1.54, 1.807) is 162 Å². The maximum absolute atomic E-state index is 13.8. The zero-order chi connectivity index (χ0) is 105. The molecule has 4 saturated heterocycles. The summed E-state index contributed by atoms with van der Waals surface area (Å²) in [5.41, 5.74) is 23.2. The van der Waals surface area contributed by atoms with E-state index in [4.69, 9.17) is 78.1 Å². The van der Waals surface area contributed by atoms with Crippen LogP contribution in [0, 0.1) is 11.8 Å². The predicted molar refractivity (Wildman–Crippen MR) is 559 cm³/mol. The topological polar surface area (TPSA) is 592 Å². The van der Waals surface area contributed by atoms with E-state index in [1.807, 2.05) is 58.0 Å². The van der Waals surface area contributed by atoms with Crippen molar-refractivity contribution in [3.8, 4) is 23.0 Å². The number of benzene rings is 5. The van der Waals surface area contributed by atoms with Crippen LogP contribution in [0.3, 0.4) is 0 Å². The molecule has 784 valence electrons. The van der Waals surface area contributed by atoms with Crippen molar-refractivity contribution in [1.29, 1.82) is 0 Å². The molecule has 0 bridgehead atoms. The number of hydrogen-bond donors (Lipinski definition) is 12. The molecule has 0 amide bonds. The molecule has 4 unspecified atom stereocenters. The summed E-state index contributed by atoms with van der Waals surface area (Å²) in [7, 11) is -16.1. The Labute approximate surface area is 854 Å². The summed E-state index contributed by atoms with van der Waals surface area (Å²) in [6.07, 6.45) is 6.02. The lowest BCUT2D eigenvalue weighted by Crippen LogP contribution is -2.37. The lowest BCUT2D eigenvalue weighted by Gasteiger charge is -2.27. The average molecular weight is 2150 g/mol. The smallest absolute Gasteiger partial charge is 0.459 e. The SMILES string of the molecule is C=C1N=C(N)N=CN1[C@H]1C[C@@H](O)[C@@H](COP(=O)(N[C@@H](C)C(=O)OC(C)C)Oc2ccccc2)S1.C=C1N=C(N)N=CN1[C@H]1C[C@@H](O)[C@@H](COP(=O)(N[C@@H](C)C(=O)OCC(C)C)Oc2ccccc2)S1.C=C1N=C(N)N=CN1[C@H]1C[C@@H](O)[C@@H](COP(=O)(N[C@@H](C)C(=O)OCC(CC)CC)Oc2ccccc2)S1.C=C1N=C(N)N=CN1[C@H]1C[C@@H](O)[C@@H](COP(=O)(N[C@@H](C)C(=O)OCc2ccccc2)Oc2ccccc2)S1. The van der Waals surface area contributed by atoms with Crippen molar-refractivity contribution in [1.82, 2.24) is 39.9 Å². The number of carbonyl (C=O) groups excluding carboxylic acids is 4. The Morgan fingerprint density at radius 2 is 0.625 bits per heavy atom. The van der Waals surface area contributed by atoms with Crippen molar-refractivity contribution in [3.63, 3.8) is 0 Å². The minimum Gasteiger partial charge on any atom is -0.464 e. The molecule has 8 heterocycles. The van der Waals surface area contributed by atoms with Crippen LogP contribution in [0.2, 0.25) is 0 Å². The van der Waals surface area contributed by atoms with Gasteiger partial charge in [0.2, 0.25) is 23.8 Å². The number of para-hydroxylation sites is 4. The van der Waals surface area contributed by atoms with Crippen LogP contribution in [0.5, 0.6) is 23.0 Å². The third-order valence-electron chi connectivity index (χ3n) is 21.6. The number of hydrogen-bond acceptors (Lipinski definition) is 44. The molecule has 5 aromatic rings. The first kappa shape index (κ1) is 116. The number of nitrogens with two attached hydrogens (primary N) is 4. The molecule has 44 nitrogen and oxygen atoms in total. The fourth-order valence-electron chi connectivity index (χ4n) is 13.8. The molecule has 8 aliphatic heterocycles. The number of nitrogens with zero attached hydrogens (tertiary/aromatic N) is 12. The van der Waals surface area contributed by atoms with Gasteiger partial charge in [0.25, 0.3) is 0 Å². The van der Waals surface area contributed by atoms with Crippen molar-refractivity contribution in [2.24, 2.45) is 74.7 Å². The van der Waals surface area contributed by atoms with Crippen LogP contribution in [0.1, 0.15) is 113 Å².